The van der Waals surface area contributed by atoms with Crippen LogP contribution in [-0.4, -0.2) is 32.1 Å². The lowest BCUT2D eigenvalue weighted by atomic mass is 9.98. The minimum atomic E-state index is -0.352. The number of hydrogen-bond donors (Lipinski definition) is 2. The van der Waals surface area contributed by atoms with Crippen molar-refractivity contribution in [3.8, 4) is 0 Å². The molecular weight excluding hydrogens is 304 g/mol. The SMILES string of the molecule is CCOC(=O)CC(NC(=O)CCNC)c1ccccc1C.Cl. The zero-order valence-corrected chi connectivity index (χ0v) is 14.2. The van der Waals surface area contributed by atoms with Gasteiger partial charge in [0.15, 0.2) is 0 Å². The second kappa shape index (κ2) is 11.0. The number of carbonyl (C=O) groups is 2. The first kappa shape index (κ1) is 20.4. The van der Waals surface area contributed by atoms with Crippen molar-refractivity contribution in [1.82, 2.24) is 10.6 Å². The van der Waals surface area contributed by atoms with Crippen molar-refractivity contribution >= 4 is 24.3 Å². The first-order valence-corrected chi connectivity index (χ1v) is 7.23. The number of benzene rings is 1. The molecule has 0 aliphatic rings. The zero-order chi connectivity index (χ0) is 15.7. The Kier molecular flexibility index (Phi) is 10.2. The van der Waals surface area contributed by atoms with E-state index < -0.39 is 0 Å². The highest BCUT2D eigenvalue weighted by atomic mass is 35.5. The largest absolute Gasteiger partial charge is 0.466 e. The molecule has 0 saturated carbocycles. The minimum Gasteiger partial charge on any atom is -0.466 e. The van der Waals surface area contributed by atoms with Gasteiger partial charge in [0.05, 0.1) is 19.1 Å². The highest BCUT2D eigenvalue weighted by Gasteiger charge is 2.20. The van der Waals surface area contributed by atoms with Crippen molar-refractivity contribution in [2.75, 3.05) is 20.2 Å². The van der Waals surface area contributed by atoms with Crippen molar-refractivity contribution < 1.29 is 14.3 Å². The molecular formula is C16H25ClN2O3. The molecule has 0 saturated heterocycles. The second-order valence-corrected chi connectivity index (χ2v) is 4.84. The summed E-state index contributed by atoms with van der Waals surface area (Å²) < 4.78 is 4.99. The van der Waals surface area contributed by atoms with E-state index in [4.69, 9.17) is 4.74 Å². The van der Waals surface area contributed by atoms with E-state index in [1.807, 2.05) is 31.2 Å². The topological polar surface area (TPSA) is 67.4 Å². The maximum absolute atomic E-state index is 11.9. The number of esters is 1. The van der Waals surface area contributed by atoms with Gasteiger partial charge >= 0.3 is 5.97 Å². The van der Waals surface area contributed by atoms with Crippen LogP contribution in [0.25, 0.3) is 0 Å². The highest BCUT2D eigenvalue weighted by molar-refractivity contribution is 5.85. The molecule has 124 valence electrons. The summed E-state index contributed by atoms with van der Waals surface area (Å²) in [5, 5.41) is 5.85. The molecule has 1 aromatic carbocycles. The van der Waals surface area contributed by atoms with Crippen molar-refractivity contribution in [3.63, 3.8) is 0 Å². The molecule has 0 radical (unpaired) electrons. The molecule has 22 heavy (non-hydrogen) atoms. The van der Waals surface area contributed by atoms with Gasteiger partial charge in [-0.2, -0.15) is 0 Å². The number of ether oxygens (including phenoxy) is 1. The third kappa shape index (κ3) is 6.91. The van der Waals surface area contributed by atoms with Gasteiger partial charge in [-0.1, -0.05) is 24.3 Å². The molecule has 5 nitrogen and oxygen atoms in total. The van der Waals surface area contributed by atoms with Crippen LogP contribution >= 0.6 is 12.4 Å². The van der Waals surface area contributed by atoms with Crippen LogP contribution in [0.15, 0.2) is 24.3 Å². The van der Waals surface area contributed by atoms with Crippen LogP contribution in [0.3, 0.4) is 0 Å². The summed E-state index contributed by atoms with van der Waals surface area (Å²) in [5.74, 6) is -0.387. The van der Waals surface area contributed by atoms with Gasteiger partial charge in [0, 0.05) is 13.0 Å². The Morgan fingerprint density at radius 3 is 2.55 bits per heavy atom. The van der Waals surface area contributed by atoms with E-state index in [1.54, 1.807) is 14.0 Å². The standard InChI is InChI=1S/C16H24N2O3.ClH/c1-4-21-16(20)11-14(18-15(19)9-10-17-3)13-8-6-5-7-12(13)2;/h5-8,14,17H,4,9-11H2,1-3H3,(H,18,19);1H. The van der Waals surface area contributed by atoms with Gasteiger partial charge in [0.1, 0.15) is 0 Å². The first-order valence-electron chi connectivity index (χ1n) is 7.23. The molecule has 1 aromatic rings. The minimum absolute atomic E-state index is 0. The molecule has 0 spiro atoms. The number of nitrogens with one attached hydrogen (secondary N) is 2. The predicted octanol–water partition coefficient (Wildman–Crippen LogP) is 2.14. The Morgan fingerprint density at radius 2 is 1.95 bits per heavy atom. The maximum atomic E-state index is 11.9. The van der Waals surface area contributed by atoms with Crippen LogP contribution in [0.5, 0.6) is 0 Å². The number of carbonyl (C=O) groups excluding carboxylic acids is 2. The van der Waals surface area contributed by atoms with Crippen LogP contribution in [-0.2, 0) is 14.3 Å². The Morgan fingerprint density at radius 1 is 1.27 bits per heavy atom. The average Bonchev–Trinajstić information content (AvgIpc) is 2.45. The third-order valence-corrected chi connectivity index (χ3v) is 3.18. The fourth-order valence-electron chi connectivity index (χ4n) is 2.11. The van der Waals surface area contributed by atoms with E-state index >= 15 is 0 Å². The van der Waals surface area contributed by atoms with Crippen LogP contribution in [0.2, 0.25) is 0 Å². The Labute approximate surface area is 138 Å². The molecule has 1 atom stereocenters. The van der Waals surface area contributed by atoms with Crippen molar-refractivity contribution in [2.45, 2.75) is 32.7 Å². The quantitative estimate of drug-likeness (QED) is 0.717. The van der Waals surface area contributed by atoms with Gasteiger partial charge < -0.3 is 15.4 Å². The van der Waals surface area contributed by atoms with Crippen molar-refractivity contribution in [1.29, 1.82) is 0 Å². The van der Waals surface area contributed by atoms with Gasteiger partial charge in [-0.25, -0.2) is 0 Å². The number of halogens is 1. The first-order chi connectivity index (χ1) is 10.1. The number of aryl methyl sites for hydroxylation is 1. The van der Waals surface area contributed by atoms with Crippen LogP contribution in [0.4, 0.5) is 0 Å². The Bertz CT molecular complexity index is 480. The average molecular weight is 329 g/mol. The normalized spacial score (nSPS) is 11.2. The molecule has 1 rings (SSSR count). The van der Waals surface area contributed by atoms with E-state index in [1.165, 1.54) is 0 Å². The number of amides is 1. The van der Waals surface area contributed by atoms with E-state index in [0.717, 1.165) is 11.1 Å². The van der Waals surface area contributed by atoms with E-state index in [9.17, 15) is 9.59 Å². The number of rotatable bonds is 8. The Hall–Kier alpha value is -1.59. The summed E-state index contributed by atoms with van der Waals surface area (Å²) in [6, 6.07) is 7.38. The smallest absolute Gasteiger partial charge is 0.308 e. The van der Waals surface area contributed by atoms with Crippen LogP contribution in [0.1, 0.15) is 36.9 Å². The fraction of sp³-hybridized carbons (Fsp3) is 0.500. The molecule has 0 aliphatic carbocycles. The van der Waals surface area contributed by atoms with Gasteiger partial charge in [-0.05, 0) is 32.0 Å². The summed E-state index contributed by atoms with van der Waals surface area (Å²) in [4.78, 5) is 23.7. The second-order valence-electron chi connectivity index (χ2n) is 4.84. The molecule has 0 bridgehead atoms. The summed E-state index contributed by atoms with van der Waals surface area (Å²) in [6.45, 7) is 4.68. The van der Waals surface area contributed by atoms with E-state index in [2.05, 4.69) is 10.6 Å². The monoisotopic (exact) mass is 328 g/mol. The lowest BCUT2D eigenvalue weighted by molar-refractivity contribution is -0.143. The van der Waals surface area contributed by atoms with Crippen LogP contribution < -0.4 is 10.6 Å². The molecule has 1 unspecified atom stereocenters. The lowest BCUT2D eigenvalue weighted by Gasteiger charge is -2.20. The van der Waals surface area contributed by atoms with E-state index in [-0.39, 0.29) is 36.7 Å². The summed E-state index contributed by atoms with van der Waals surface area (Å²) >= 11 is 0. The fourth-order valence-corrected chi connectivity index (χ4v) is 2.11. The van der Waals surface area contributed by atoms with E-state index in [0.29, 0.717) is 19.6 Å². The molecule has 0 fully saturated rings. The summed E-state index contributed by atoms with van der Waals surface area (Å²) in [5.41, 5.74) is 1.99. The lowest BCUT2D eigenvalue weighted by Crippen LogP contribution is -2.32. The van der Waals surface area contributed by atoms with Crippen molar-refractivity contribution in [2.24, 2.45) is 0 Å². The highest BCUT2D eigenvalue weighted by Crippen LogP contribution is 2.21. The number of hydrogen-bond acceptors (Lipinski definition) is 4. The predicted molar refractivity (Wildman–Crippen MR) is 89.1 cm³/mol. The molecule has 2 N–H and O–H groups in total. The molecule has 0 aliphatic heterocycles. The molecule has 0 heterocycles. The van der Waals surface area contributed by atoms with Gasteiger partial charge in [-0.15, -0.1) is 12.4 Å². The Balaban J connectivity index is 0.00000441. The van der Waals surface area contributed by atoms with Gasteiger partial charge in [0.2, 0.25) is 5.91 Å². The van der Waals surface area contributed by atoms with Gasteiger partial charge in [0.25, 0.3) is 0 Å². The molecule has 0 aromatic heterocycles. The maximum Gasteiger partial charge on any atom is 0.308 e. The molecule has 1 amide bonds. The third-order valence-electron chi connectivity index (χ3n) is 3.18. The van der Waals surface area contributed by atoms with Crippen LogP contribution in [0, 0.1) is 6.92 Å². The van der Waals surface area contributed by atoms with Gasteiger partial charge in [-0.3, -0.25) is 9.59 Å². The zero-order valence-electron chi connectivity index (χ0n) is 13.3. The summed E-state index contributed by atoms with van der Waals surface area (Å²) in [7, 11) is 1.80. The molecule has 6 heteroatoms. The van der Waals surface area contributed by atoms with Crippen molar-refractivity contribution in [3.05, 3.63) is 35.4 Å². The summed E-state index contributed by atoms with van der Waals surface area (Å²) in [6.07, 6.45) is 0.520.